The molecule has 20 nitrogen and oxygen atoms in total. The number of carbonyl (C=O) groups is 3. The molecule has 3 heterocycles. The van der Waals surface area contributed by atoms with Gasteiger partial charge in [0.1, 0.15) is 61.5 Å². The average molecular weight is 997 g/mol. The highest BCUT2D eigenvalue weighted by Gasteiger charge is 2.52. The number of aliphatic carboxylic acids is 1. The van der Waals surface area contributed by atoms with Crippen LogP contribution in [0.4, 0.5) is 0 Å². The number of hydrogen-bond donors (Lipinski definition) is 9. The molecule has 0 spiro atoms. The molecule has 1 unspecified atom stereocenters. The van der Waals surface area contributed by atoms with Gasteiger partial charge in [-0.2, -0.15) is 0 Å². The maximum absolute atomic E-state index is 12.3. The van der Waals surface area contributed by atoms with Crippen molar-refractivity contribution in [1.29, 1.82) is 0 Å². The van der Waals surface area contributed by atoms with Gasteiger partial charge in [0.05, 0.1) is 25.4 Å². The first-order chi connectivity index (χ1) is 32.9. The van der Waals surface area contributed by atoms with Gasteiger partial charge in [0, 0.05) is 13.3 Å². The minimum Gasteiger partial charge on any atom is -0.479 e. The van der Waals surface area contributed by atoms with Crippen molar-refractivity contribution in [3.8, 4) is 0 Å². The van der Waals surface area contributed by atoms with Gasteiger partial charge in [0.25, 0.3) is 0 Å². The molecule has 9 N–H and O–H groups in total. The van der Waals surface area contributed by atoms with Crippen LogP contribution in [0.5, 0.6) is 0 Å². The molecule has 0 amide bonds. The summed E-state index contributed by atoms with van der Waals surface area (Å²) >= 11 is 0. The summed E-state index contributed by atoms with van der Waals surface area (Å²) in [5.74, 6) is -2.51. The molecule has 3 aliphatic rings. The lowest BCUT2D eigenvalue weighted by molar-refractivity contribution is -0.380. The molecule has 69 heavy (non-hydrogen) atoms. The molecule has 0 aromatic carbocycles. The number of aliphatic hydroxyl groups excluding tert-OH is 8. The van der Waals surface area contributed by atoms with E-state index in [-0.39, 0.29) is 25.0 Å². The van der Waals surface area contributed by atoms with Crippen LogP contribution in [-0.2, 0) is 52.3 Å². The molecule has 3 aliphatic heterocycles. The van der Waals surface area contributed by atoms with Crippen LogP contribution in [0.25, 0.3) is 0 Å². The lowest BCUT2D eigenvalue weighted by Crippen LogP contribution is -2.65. The highest BCUT2D eigenvalue weighted by Crippen LogP contribution is 2.33. The average Bonchev–Trinajstić information content (AvgIpc) is 3.29. The van der Waals surface area contributed by atoms with Crippen molar-refractivity contribution < 1.29 is 98.2 Å². The van der Waals surface area contributed by atoms with Crippen LogP contribution < -0.4 is 0 Å². The zero-order valence-corrected chi connectivity index (χ0v) is 41.5. The van der Waals surface area contributed by atoms with Gasteiger partial charge in [-0.3, -0.25) is 9.59 Å². The molecule has 404 valence electrons. The number of ether oxygens (including phenoxy) is 8. The topological polar surface area (TPSA) is 307 Å². The van der Waals surface area contributed by atoms with Crippen LogP contribution in [0.15, 0.2) is 0 Å². The highest BCUT2D eigenvalue weighted by molar-refractivity contribution is 5.71. The molecule has 0 saturated carbocycles. The van der Waals surface area contributed by atoms with Gasteiger partial charge in [-0.25, -0.2) is 4.79 Å². The van der Waals surface area contributed by atoms with E-state index in [1.807, 2.05) is 13.8 Å². The zero-order valence-electron chi connectivity index (χ0n) is 41.5. The monoisotopic (exact) mass is 997 g/mol. The van der Waals surface area contributed by atoms with E-state index in [9.17, 15) is 55.2 Å². The van der Waals surface area contributed by atoms with Crippen molar-refractivity contribution >= 4 is 17.9 Å². The van der Waals surface area contributed by atoms with E-state index in [1.54, 1.807) is 0 Å². The Balaban J connectivity index is 1.59. The first-order valence-electron chi connectivity index (χ1n) is 25.8. The SMILES string of the molecule is CCCCCCC(CCC[C@H](O)CCCCCCCCCCCCC[C@@H](O)C(=O)O)O[C@H]1OC[C@H](O)[C@@H](O)[C@@H]1O[C@H]1OC[C@H](OC(C)=O)[C@@H](O)[C@@H]1O[C@H]1O[C@@H](COC(=O)CC(C)C)[C@H](O)[C@@H](O)[C@@H]1O. The molecule has 0 aromatic rings. The van der Waals surface area contributed by atoms with Crippen LogP contribution in [0.1, 0.15) is 169 Å². The van der Waals surface area contributed by atoms with Crippen LogP contribution in [-0.4, -0.2) is 182 Å². The minimum atomic E-state index is -1.90. The van der Waals surface area contributed by atoms with Gasteiger partial charge in [0.2, 0.25) is 0 Å². The molecule has 3 rings (SSSR count). The Bertz CT molecular complexity index is 1410. The third-order valence-electron chi connectivity index (χ3n) is 13.0. The minimum absolute atomic E-state index is 0.0192. The first kappa shape index (κ1) is 61.2. The smallest absolute Gasteiger partial charge is 0.332 e. The predicted molar refractivity (Wildman–Crippen MR) is 247 cm³/mol. The maximum Gasteiger partial charge on any atom is 0.332 e. The van der Waals surface area contributed by atoms with Crippen molar-refractivity contribution in [2.24, 2.45) is 5.92 Å². The molecule has 20 heteroatoms. The lowest BCUT2D eigenvalue weighted by atomic mass is 9.98. The second kappa shape index (κ2) is 33.6. The van der Waals surface area contributed by atoms with Crippen molar-refractivity contribution in [3.63, 3.8) is 0 Å². The fourth-order valence-electron chi connectivity index (χ4n) is 8.83. The van der Waals surface area contributed by atoms with Gasteiger partial charge in [0.15, 0.2) is 31.1 Å². The van der Waals surface area contributed by atoms with Crippen molar-refractivity contribution in [3.05, 3.63) is 0 Å². The van der Waals surface area contributed by atoms with E-state index >= 15 is 0 Å². The summed E-state index contributed by atoms with van der Waals surface area (Å²) in [6.45, 7) is 5.68. The number of carbonyl (C=O) groups excluding carboxylic acids is 2. The summed E-state index contributed by atoms with van der Waals surface area (Å²) in [4.78, 5) is 35.0. The molecule has 0 bridgehead atoms. The van der Waals surface area contributed by atoms with E-state index in [4.69, 9.17) is 43.0 Å². The Kier molecular flexibility index (Phi) is 29.7. The second-order valence-corrected chi connectivity index (χ2v) is 19.6. The van der Waals surface area contributed by atoms with Crippen molar-refractivity contribution in [2.45, 2.75) is 267 Å². The Morgan fingerprint density at radius 3 is 1.75 bits per heavy atom. The number of hydrogen-bond acceptors (Lipinski definition) is 19. The molecule has 0 radical (unpaired) electrons. The van der Waals surface area contributed by atoms with Crippen LogP contribution in [0, 0.1) is 5.92 Å². The number of carboxylic acid groups (broad SMARTS) is 1. The number of esters is 2. The number of aliphatic hydroxyl groups is 8. The fraction of sp³-hybridized carbons (Fsp3) is 0.939. The van der Waals surface area contributed by atoms with Gasteiger partial charge in [-0.15, -0.1) is 0 Å². The largest absolute Gasteiger partial charge is 0.479 e. The van der Waals surface area contributed by atoms with Crippen molar-refractivity contribution in [1.82, 2.24) is 0 Å². The van der Waals surface area contributed by atoms with Crippen LogP contribution >= 0.6 is 0 Å². The number of unbranched alkanes of at least 4 members (excludes halogenated alkanes) is 13. The Morgan fingerprint density at radius 2 is 1.14 bits per heavy atom. The summed E-state index contributed by atoms with van der Waals surface area (Å²) in [5, 5.41) is 95.0. The molecular formula is C49H88O20. The highest BCUT2D eigenvalue weighted by atomic mass is 16.8. The van der Waals surface area contributed by atoms with Gasteiger partial charge < -0.3 is 83.9 Å². The normalized spacial score (nSPS) is 31.0. The molecular weight excluding hydrogens is 909 g/mol. The van der Waals surface area contributed by atoms with Gasteiger partial charge >= 0.3 is 17.9 Å². The van der Waals surface area contributed by atoms with E-state index in [2.05, 4.69) is 6.92 Å². The standard InChI is InChI=1S/C49H88O20/c1-5-6-7-18-23-33(24-20-22-32(51)21-17-15-13-11-9-8-10-12-14-16-19-25-34(52)46(60)61)66-48-44(39(55)35(53)27-63-48)69-49-45(41(57)37(29-64-49)65-31(4)50)68-47-43(59)42(58)40(56)36(67-47)28-62-38(54)26-30(2)3/h30,32-37,39-45,47-49,51-53,55-59H,5-29H2,1-4H3,(H,60,61)/t32-,33?,34-,35+,36+,37+,39-,40+,41-,42-,43+,44+,45+,47-,48-,49-/m1/s1. The summed E-state index contributed by atoms with van der Waals surface area (Å²) in [7, 11) is 0. The number of carboxylic acids is 1. The Hall–Kier alpha value is -2.15. The maximum atomic E-state index is 12.3. The second-order valence-electron chi connectivity index (χ2n) is 19.6. The van der Waals surface area contributed by atoms with E-state index < -0.39 is 123 Å². The predicted octanol–water partition coefficient (Wildman–Crippen LogP) is 3.28. The quantitative estimate of drug-likeness (QED) is 0.0325. The summed E-state index contributed by atoms with van der Waals surface area (Å²) < 4.78 is 46.9. The molecule has 3 saturated heterocycles. The van der Waals surface area contributed by atoms with Crippen molar-refractivity contribution in [2.75, 3.05) is 19.8 Å². The third kappa shape index (κ3) is 22.7. The van der Waals surface area contributed by atoms with E-state index in [0.29, 0.717) is 38.5 Å². The summed E-state index contributed by atoms with van der Waals surface area (Å²) in [5.41, 5.74) is 0. The van der Waals surface area contributed by atoms with Crippen LogP contribution in [0.3, 0.4) is 0 Å². The summed E-state index contributed by atoms with van der Waals surface area (Å²) in [6.07, 6.45) is -3.86. The molecule has 16 atom stereocenters. The Morgan fingerprint density at radius 1 is 0.609 bits per heavy atom. The third-order valence-corrected chi connectivity index (χ3v) is 13.0. The van der Waals surface area contributed by atoms with E-state index in [1.165, 1.54) is 0 Å². The molecule has 0 aliphatic carbocycles. The zero-order chi connectivity index (χ0) is 50.9. The Labute approximate surface area is 408 Å². The lowest BCUT2D eigenvalue weighted by Gasteiger charge is -2.46. The summed E-state index contributed by atoms with van der Waals surface area (Å²) in [6, 6.07) is 0. The molecule has 3 fully saturated rings. The van der Waals surface area contributed by atoms with Crippen LogP contribution in [0.2, 0.25) is 0 Å². The fourth-order valence-corrected chi connectivity index (χ4v) is 8.83. The first-order valence-corrected chi connectivity index (χ1v) is 25.8. The number of rotatable bonds is 35. The van der Waals surface area contributed by atoms with Gasteiger partial charge in [-0.1, -0.05) is 117 Å². The molecule has 0 aromatic heterocycles. The van der Waals surface area contributed by atoms with E-state index in [0.717, 1.165) is 103 Å². The van der Waals surface area contributed by atoms with Gasteiger partial charge in [-0.05, 0) is 44.4 Å².